The fourth-order valence-corrected chi connectivity index (χ4v) is 2.96. The molecule has 0 N–H and O–H groups in total. The highest BCUT2D eigenvalue weighted by Gasteiger charge is 2.13. The van der Waals surface area contributed by atoms with E-state index in [-0.39, 0.29) is 12.1 Å². The molecule has 0 rings (SSSR count). The van der Waals surface area contributed by atoms with E-state index in [0.29, 0.717) is 6.42 Å². The zero-order chi connectivity index (χ0) is 17.2. The molecule has 0 aliphatic heterocycles. The van der Waals surface area contributed by atoms with Crippen molar-refractivity contribution in [3.8, 4) is 0 Å². The number of carbonyl (C=O) groups is 1. The molecule has 0 fully saturated rings. The Labute approximate surface area is 145 Å². The number of hydrogen-bond acceptors (Lipinski definition) is 2. The van der Waals surface area contributed by atoms with E-state index < -0.39 is 0 Å². The summed E-state index contributed by atoms with van der Waals surface area (Å²) < 4.78 is 5.75. The zero-order valence-electron chi connectivity index (χ0n) is 16.2. The maximum atomic E-state index is 12.0. The van der Waals surface area contributed by atoms with Gasteiger partial charge in [0, 0.05) is 6.42 Å². The Morgan fingerprint density at radius 3 is 1.74 bits per heavy atom. The van der Waals surface area contributed by atoms with E-state index in [0.717, 1.165) is 19.3 Å². The van der Waals surface area contributed by atoms with Crippen LogP contribution in [0.4, 0.5) is 0 Å². The van der Waals surface area contributed by atoms with Crippen LogP contribution < -0.4 is 0 Å². The van der Waals surface area contributed by atoms with E-state index in [1.54, 1.807) is 0 Å². The van der Waals surface area contributed by atoms with Crippen LogP contribution in [-0.4, -0.2) is 12.1 Å². The average Bonchev–Trinajstić information content (AvgIpc) is 2.55. The van der Waals surface area contributed by atoms with Gasteiger partial charge in [0.05, 0.1) is 0 Å². The second-order valence-corrected chi connectivity index (χ2v) is 6.97. The van der Waals surface area contributed by atoms with Crippen LogP contribution in [0.5, 0.6) is 0 Å². The third-order valence-electron chi connectivity index (χ3n) is 4.54. The molecule has 0 heterocycles. The Bertz CT molecular complexity index is 250. The second-order valence-electron chi connectivity index (χ2n) is 6.97. The van der Waals surface area contributed by atoms with Gasteiger partial charge in [0.25, 0.3) is 0 Å². The summed E-state index contributed by atoms with van der Waals surface area (Å²) >= 11 is 0. The van der Waals surface area contributed by atoms with Crippen LogP contribution in [0.15, 0.2) is 0 Å². The molecule has 0 aromatic heterocycles. The Hall–Kier alpha value is -0.530. The molecule has 0 saturated heterocycles. The molecule has 0 aliphatic rings. The van der Waals surface area contributed by atoms with Gasteiger partial charge in [-0.05, 0) is 25.7 Å². The molecule has 0 bridgehead atoms. The van der Waals surface area contributed by atoms with Crippen molar-refractivity contribution in [2.24, 2.45) is 0 Å². The van der Waals surface area contributed by atoms with Crippen molar-refractivity contribution in [2.45, 2.75) is 130 Å². The predicted molar refractivity (Wildman–Crippen MR) is 101 cm³/mol. The van der Waals surface area contributed by atoms with Gasteiger partial charge < -0.3 is 4.74 Å². The molecule has 23 heavy (non-hydrogen) atoms. The van der Waals surface area contributed by atoms with Crippen molar-refractivity contribution >= 4 is 5.97 Å². The van der Waals surface area contributed by atoms with Crippen LogP contribution in [0.1, 0.15) is 124 Å². The SMILES string of the molecule is CCCCCCCCC(=O)OC(CCCC)CCCCCCC. The highest BCUT2D eigenvalue weighted by atomic mass is 16.5. The fraction of sp³-hybridized carbons (Fsp3) is 0.952. The number of unbranched alkanes of at least 4 members (excludes halogenated alkanes) is 10. The van der Waals surface area contributed by atoms with Crippen molar-refractivity contribution in [2.75, 3.05) is 0 Å². The topological polar surface area (TPSA) is 26.3 Å². The molecular weight excluding hydrogens is 284 g/mol. The summed E-state index contributed by atoms with van der Waals surface area (Å²) in [6.45, 7) is 6.68. The lowest BCUT2D eigenvalue weighted by molar-refractivity contribution is -0.150. The van der Waals surface area contributed by atoms with E-state index in [2.05, 4.69) is 20.8 Å². The van der Waals surface area contributed by atoms with Gasteiger partial charge in [-0.3, -0.25) is 4.79 Å². The zero-order valence-corrected chi connectivity index (χ0v) is 16.2. The predicted octanol–water partition coefficient (Wildman–Crippen LogP) is 7.20. The van der Waals surface area contributed by atoms with Crippen LogP contribution in [0, 0.1) is 0 Å². The van der Waals surface area contributed by atoms with E-state index >= 15 is 0 Å². The van der Waals surface area contributed by atoms with E-state index in [1.807, 2.05) is 0 Å². The second kappa shape index (κ2) is 17.8. The maximum absolute atomic E-state index is 12.0. The fourth-order valence-electron chi connectivity index (χ4n) is 2.96. The van der Waals surface area contributed by atoms with Crippen LogP contribution in [0.2, 0.25) is 0 Å². The van der Waals surface area contributed by atoms with Gasteiger partial charge in [-0.1, -0.05) is 91.4 Å². The van der Waals surface area contributed by atoms with Crippen LogP contribution >= 0.6 is 0 Å². The first kappa shape index (κ1) is 22.5. The van der Waals surface area contributed by atoms with Crippen LogP contribution in [-0.2, 0) is 9.53 Å². The van der Waals surface area contributed by atoms with Gasteiger partial charge in [0.2, 0.25) is 0 Å². The Morgan fingerprint density at radius 1 is 0.652 bits per heavy atom. The standard InChI is InChI=1S/C21H42O2/c1-4-7-10-12-14-16-19-21(22)23-20(17-9-6-3)18-15-13-11-8-5-2/h20H,4-19H2,1-3H3. The van der Waals surface area contributed by atoms with Crippen molar-refractivity contribution in [1.82, 2.24) is 0 Å². The first-order chi connectivity index (χ1) is 11.2. The summed E-state index contributed by atoms with van der Waals surface area (Å²) in [7, 11) is 0. The van der Waals surface area contributed by atoms with Crippen molar-refractivity contribution < 1.29 is 9.53 Å². The smallest absolute Gasteiger partial charge is 0.306 e. The van der Waals surface area contributed by atoms with Gasteiger partial charge >= 0.3 is 5.97 Å². The summed E-state index contributed by atoms with van der Waals surface area (Å²) in [6.07, 6.45) is 19.0. The first-order valence-corrected chi connectivity index (χ1v) is 10.4. The molecule has 0 aromatic rings. The maximum Gasteiger partial charge on any atom is 0.306 e. The number of esters is 1. The summed E-state index contributed by atoms with van der Waals surface area (Å²) in [5.74, 6) is 0.0372. The molecule has 0 aromatic carbocycles. The highest BCUT2D eigenvalue weighted by molar-refractivity contribution is 5.69. The summed E-state index contributed by atoms with van der Waals surface area (Å²) in [5.41, 5.74) is 0. The minimum absolute atomic E-state index is 0.0372. The molecule has 1 unspecified atom stereocenters. The number of rotatable bonds is 17. The van der Waals surface area contributed by atoms with Gasteiger partial charge in [-0.15, -0.1) is 0 Å². The first-order valence-electron chi connectivity index (χ1n) is 10.4. The lowest BCUT2D eigenvalue weighted by atomic mass is 10.0. The average molecular weight is 327 g/mol. The monoisotopic (exact) mass is 326 g/mol. The highest BCUT2D eigenvalue weighted by Crippen LogP contribution is 2.16. The normalized spacial score (nSPS) is 12.3. The number of carbonyl (C=O) groups excluding carboxylic acids is 1. The third kappa shape index (κ3) is 16.1. The number of ether oxygens (including phenoxy) is 1. The van der Waals surface area contributed by atoms with Gasteiger partial charge in [-0.2, -0.15) is 0 Å². The molecule has 0 spiro atoms. The molecule has 1 atom stereocenters. The molecule has 0 radical (unpaired) electrons. The van der Waals surface area contributed by atoms with Crippen LogP contribution in [0.3, 0.4) is 0 Å². The quantitative estimate of drug-likeness (QED) is 0.209. The molecule has 0 saturated carbocycles. The van der Waals surface area contributed by atoms with E-state index in [1.165, 1.54) is 77.0 Å². The van der Waals surface area contributed by atoms with Crippen molar-refractivity contribution in [3.63, 3.8) is 0 Å². The Balaban J connectivity index is 3.79. The molecule has 0 amide bonds. The minimum atomic E-state index is 0.0372. The Morgan fingerprint density at radius 2 is 1.13 bits per heavy atom. The molecule has 138 valence electrons. The Kier molecular flexibility index (Phi) is 17.4. The van der Waals surface area contributed by atoms with Gasteiger partial charge in [-0.25, -0.2) is 0 Å². The summed E-state index contributed by atoms with van der Waals surface area (Å²) in [6, 6.07) is 0. The lowest BCUT2D eigenvalue weighted by Gasteiger charge is -2.18. The molecule has 2 nitrogen and oxygen atoms in total. The van der Waals surface area contributed by atoms with Crippen LogP contribution in [0.25, 0.3) is 0 Å². The molecule has 2 heteroatoms. The largest absolute Gasteiger partial charge is 0.462 e. The number of hydrogen-bond donors (Lipinski definition) is 0. The van der Waals surface area contributed by atoms with E-state index in [4.69, 9.17) is 4.74 Å². The molecular formula is C21H42O2. The lowest BCUT2D eigenvalue weighted by Crippen LogP contribution is -2.18. The van der Waals surface area contributed by atoms with E-state index in [9.17, 15) is 4.79 Å². The summed E-state index contributed by atoms with van der Waals surface area (Å²) in [5, 5.41) is 0. The molecule has 0 aliphatic carbocycles. The van der Waals surface area contributed by atoms with Gasteiger partial charge in [0.1, 0.15) is 6.10 Å². The minimum Gasteiger partial charge on any atom is -0.462 e. The van der Waals surface area contributed by atoms with Crippen molar-refractivity contribution in [3.05, 3.63) is 0 Å². The third-order valence-corrected chi connectivity index (χ3v) is 4.54. The van der Waals surface area contributed by atoms with Gasteiger partial charge in [0.15, 0.2) is 0 Å². The van der Waals surface area contributed by atoms with Crippen molar-refractivity contribution in [1.29, 1.82) is 0 Å². The summed E-state index contributed by atoms with van der Waals surface area (Å²) in [4.78, 5) is 12.0.